The summed E-state index contributed by atoms with van der Waals surface area (Å²) < 4.78 is 56.6. The van der Waals surface area contributed by atoms with Gasteiger partial charge in [-0.15, -0.1) is 0 Å². The first kappa shape index (κ1) is 62.8. The van der Waals surface area contributed by atoms with E-state index in [0.29, 0.717) is 38.5 Å². The van der Waals surface area contributed by atoms with Crippen LogP contribution in [0.3, 0.4) is 0 Å². The Labute approximate surface area is 413 Å². The predicted octanol–water partition coefficient (Wildman–Crippen LogP) is 7.72. The molecule has 1 aliphatic heterocycles. The Morgan fingerprint density at radius 2 is 1.34 bits per heavy atom. The van der Waals surface area contributed by atoms with Crippen LogP contribution >= 0.6 is 15.6 Å². The summed E-state index contributed by atoms with van der Waals surface area (Å²) in [5.41, 5.74) is 4.57. The topological polar surface area (TPSA) is 306 Å². The molecule has 0 amide bonds. The van der Waals surface area contributed by atoms with Gasteiger partial charge in [-0.05, 0) is 76.7 Å². The van der Waals surface area contributed by atoms with E-state index in [9.17, 15) is 53.7 Å². The van der Waals surface area contributed by atoms with Gasteiger partial charge in [0.25, 0.3) is 0 Å². The Balaban J connectivity index is 1.85. The third kappa shape index (κ3) is 28.6. The van der Waals surface area contributed by atoms with E-state index in [-0.39, 0.29) is 18.7 Å². The van der Waals surface area contributed by atoms with Crippen LogP contribution in [0.4, 0.5) is 5.82 Å². The third-order valence-corrected chi connectivity index (χ3v) is 13.7. The normalized spacial score (nSPS) is 20.6. The molecule has 22 heteroatoms. The van der Waals surface area contributed by atoms with E-state index in [1.54, 1.807) is 0 Å². The molecule has 2 heterocycles. The summed E-state index contributed by atoms with van der Waals surface area (Å²) in [5, 5.41) is 41.5. The van der Waals surface area contributed by atoms with E-state index >= 15 is 0 Å². The minimum absolute atomic E-state index is 0.0543. The third-order valence-electron chi connectivity index (χ3n) is 11.1. The van der Waals surface area contributed by atoms with Gasteiger partial charge in [0.05, 0.1) is 25.4 Å². The molecule has 0 saturated carbocycles. The molecule has 0 aliphatic carbocycles. The SMILES string of the molecule is CC/C=C\C/C=C\C/C=C\CCCCCCCC(=O)OC[C@H](COP(=O)(O)OP(=O)(O)OC[C@H]1O[C@@H](n2ccc(N)nc2=O)[C@H](O)[C@@H]1O)OC(=O)CCCCCCC[C@H](O)[C@@H](O)C/C=C\CCCCC. The number of phosphoric ester groups is 2. The first-order valence-electron chi connectivity index (χ1n) is 24.8. The lowest BCUT2D eigenvalue weighted by atomic mass is 10.0. The lowest BCUT2D eigenvalue weighted by Crippen LogP contribution is -2.36. The molecule has 70 heavy (non-hydrogen) atoms. The zero-order chi connectivity index (χ0) is 51.6. The molecule has 8 N–H and O–H groups in total. The smallest absolute Gasteiger partial charge is 0.462 e. The van der Waals surface area contributed by atoms with Gasteiger partial charge in [-0.25, -0.2) is 13.9 Å². The second-order valence-corrected chi connectivity index (χ2v) is 20.3. The van der Waals surface area contributed by atoms with Crippen LogP contribution in [-0.4, -0.2) is 108 Å². The molecular formula is C48H81N3O17P2. The second kappa shape index (κ2) is 36.5. The van der Waals surface area contributed by atoms with Gasteiger partial charge in [-0.2, -0.15) is 9.29 Å². The molecule has 1 aliphatic rings. The Hall–Kier alpha value is -3.36. The molecule has 9 atom stereocenters. The number of anilines is 1. The molecule has 0 radical (unpaired) electrons. The van der Waals surface area contributed by atoms with Crippen LogP contribution in [0.15, 0.2) is 65.7 Å². The summed E-state index contributed by atoms with van der Waals surface area (Å²) in [4.78, 5) is 61.9. The highest BCUT2D eigenvalue weighted by Gasteiger charge is 2.46. The monoisotopic (exact) mass is 1030 g/mol. The maximum absolute atomic E-state index is 12.9. The summed E-state index contributed by atoms with van der Waals surface area (Å²) in [6, 6.07) is 1.23. The number of unbranched alkanes of at least 4 members (excludes halogenated alkanes) is 12. The number of nitrogens with zero attached hydrogens (tertiary/aromatic N) is 2. The lowest BCUT2D eigenvalue weighted by Gasteiger charge is -2.21. The van der Waals surface area contributed by atoms with E-state index in [0.717, 1.165) is 101 Å². The van der Waals surface area contributed by atoms with Crippen LogP contribution < -0.4 is 11.4 Å². The van der Waals surface area contributed by atoms with Crippen molar-refractivity contribution in [3.8, 4) is 0 Å². The van der Waals surface area contributed by atoms with Crippen molar-refractivity contribution < 1.29 is 76.5 Å². The Morgan fingerprint density at radius 3 is 2.01 bits per heavy atom. The Bertz CT molecular complexity index is 1900. The predicted molar refractivity (Wildman–Crippen MR) is 264 cm³/mol. The van der Waals surface area contributed by atoms with Gasteiger partial charge in [0.15, 0.2) is 12.3 Å². The molecule has 400 valence electrons. The number of aliphatic hydroxyl groups is 4. The standard InChI is InChI=1S/C48H81N3O17P2/c1-3-5-7-9-11-12-13-14-15-16-17-18-19-23-27-31-43(54)63-35-38(66-44(55)32-28-24-20-22-26-30-40(53)39(52)29-25-21-10-8-6-4-2)36-64-69(59,60)68-70(61,62)65-37-41-45(56)46(57)47(67-41)51-34-33-42(49)50-48(51)58/h5,7,11-12,14-15,21,25,33-34,38-41,45-47,52-53,56-57H,3-4,6,8-10,13,16-20,22-24,26-32,35-37H2,1-2H3,(H,59,60)(H,61,62)(H2,49,50,58)/b7-5-,12-11-,15-14-,25-21-/t38-,39+,40+,41-,45-,46-,47-/m1/s1. The quantitative estimate of drug-likeness (QED) is 0.0143. The summed E-state index contributed by atoms with van der Waals surface area (Å²) in [7, 11) is -10.9. The number of aliphatic hydroxyl groups excluding tert-OH is 4. The number of nitrogen functional groups attached to an aromatic ring is 1. The summed E-state index contributed by atoms with van der Waals surface area (Å²) >= 11 is 0. The van der Waals surface area contributed by atoms with E-state index < -0.39 is 95.9 Å². The second-order valence-electron chi connectivity index (χ2n) is 17.2. The first-order valence-corrected chi connectivity index (χ1v) is 27.8. The fraction of sp³-hybridized carbons (Fsp3) is 0.708. The largest absolute Gasteiger partial charge is 0.481 e. The van der Waals surface area contributed by atoms with Crippen molar-refractivity contribution in [1.82, 2.24) is 9.55 Å². The van der Waals surface area contributed by atoms with Crippen molar-refractivity contribution in [3.63, 3.8) is 0 Å². The van der Waals surface area contributed by atoms with Crippen LogP contribution in [-0.2, 0) is 46.3 Å². The van der Waals surface area contributed by atoms with Crippen LogP contribution in [0.2, 0.25) is 0 Å². The highest BCUT2D eigenvalue weighted by molar-refractivity contribution is 7.61. The number of phosphoric acid groups is 2. The number of hydrogen-bond acceptors (Lipinski definition) is 17. The van der Waals surface area contributed by atoms with Crippen molar-refractivity contribution in [2.24, 2.45) is 0 Å². The minimum atomic E-state index is -5.46. The molecule has 2 unspecified atom stereocenters. The number of esters is 2. The molecule has 1 saturated heterocycles. The Kier molecular flexibility index (Phi) is 32.8. The van der Waals surface area contributed by atoms with E-state index in [4.69, 9.17) is 29.0 Å². The van der Waals surface area contributed by atoms with Crippen molar-refractivity contribution >= 4 is 33.4 Å². The average Bonchev–Trinajstić information content (AvgIpc) is 3.59. The molecule has 0 bridgehead atoms. The molecule has 20 nitrogen and oxygen atoms in total. The van der Waals surface area contributed by atoms with Crippen molar-refractivity contribution in [3.05, 3.63) is 71.4 Å². The number of ether oxygens (including phenoxy) is 3. The molecule has 1 aromatic rings. The van der Waals surface area contributed by atoms with Crippen LogP contribution in [0, 0.1) is 0 Å². The van der Waals surface area contributed by atoms with Gasteiger partial charge < -0.3 is 50.2 Å². The highest BCUT2D eigenvalue weighted by Crippen LogP contribution is 2.60. The van der Waals surface area contributed by atoms with Gasteiger partial charge in [-0.3, -0.25) is 23.2 Å². The Morgan fingerprint density at radius 1 is 0.757 bits per heavy atom. The number of hydrogen-bond donors (Lipinski definition) is 7. The molecule has 0 aromatic carbocycles. The van der Waals surface area contributed by atoms with Crippen LogP contribution in [0.25, 0.3) is 0 Å². The fourth-order valence-corrected chi connectivity index (χ4v) is 9.22. The van der Waals surface area contributed by atoms with Gasteiger partial charge in [0, 0.05) is 19.0 Å². The summed E-state index contributed by atoms with van der Waals surface area (Å²) in [6.07, 6.45) is 24.9. The maximum atomic E-state index is 12.9. The lowest BCUT2D eigenvalue weighted by molar-refractivity contribution is -0.161. The van der Waals surface area contributed by atoms with Crippen molar-refractivity contribution in [1.29, 1.82) is 0 Å². The fourth-order valence-electron chi connectivity index (χ4n) is 7.11. The van der Waals surface area contributed by atoms with E-state index in [2.05, 4.69) is 59.6 Å². The first-order chi connectivity index (χ1) is 33.5. The summed E-state index contributed by atoms with van der Waals surface area (Å²) in [6.45, 7) is 1.81. The van der Waals surface area contributed by atoms with Gasteiger partial charge in [0.1, 0.15) is 30.7 Å². The molecular weight excluding hydrogens is 952 g/mol. The molecule has 1 aromatic heterocycles. The summed E-state index contributed by atoms with van der Waals surface area (Å²) in [5.74, 6) is -1.44. The zero-order valence-electron chi connectivity index (χ0n) is 41.0. The molecule has 2 rings (SSSR count). The van der Waals surface area contributed by atoms with Gasteiger partial charge >= 0.3 is 33.3 Å². The zero-order valence-corrected chi connectivity index (χ0v) is 42.8. The van der Waals surface area contributed by atoms with E-state index in [1.807, 2.05) is 12.2 Å². The minimum Gasteiger partial charge on any atom is -0.462 e. The van der Waals surface area contributed by atoms with Crippen LogP contribution in [0.5, 0.6) is 0 Å². The number of nitrogens with two attached hydrogens (primary N) is 1. The van der Waals surface area contributed by atoms with Gasteiger partial charge in [-0.1, -0.05) is 120 Å². The maximum Gasteiger partial charge on any atom is 0.481 e. The van der Waals surface area contributed by atoms with Crippen molar-refractivity contribution in [2.45, 2.75) is 198 Å². The number of allylic oxidation sites excluding steroid dienone is 7. The highest BCUT2D eigenvalue weighted by atomic mass is 31.3. The van der Waals surface area contributed by atoms with Gasteiger partial charge in [0.2, 0.25) is 0 Å². The number of carbonyl (C=O) groups excluding carboxylic acids is 2. The average molecular weight is 1030 g/mol. The van der Waals surface area contributed by atoms with Crippen molar-refractivity contribution in [2.75, 3.05) is 25.6 Å². The number of rotatable bonds is 40. The molecule has 0 spiro atoms. The number of aromatic nitrogens is 2. The van der Waals surface area contributed by atoms with Crippen LogP contribution in [0.1, 0.15) is 161 Å². The number of carbonyl (C=O) groups is 2. The van der Waals surface area contributed by atoms with E-state index in [1.165, 1.54) is 6.07 Å². The molecule has 1 fully saturated rings.